The van der Waals surface area contributed by atoms with E-state index in [2.05, 4.69) is 19.2 Å². The molecule has 0 spiro atoms. The Bertz CT molecular complexity index is 891. The number of hydrogen-bond acceptors (Lipinski definition) is 4. The maximum absolute atomic E-state index is 15.6. The molecule has 134 valence electrons. The molecular formula is C18H16F2N3OPS. The summed E-state index contributed by atoms with van der Waals surface area (Å²) in [4.78, 5) is 22.5. The van der Waals surface area contributed by atoms with Crippen molar-refractivity contribution in [2.24, 2.45) is 4.99 Å². The maximum atomic E-state index is 15.6. The molecule has 4 unspecified atom stereocenters. The van der Waals surface area contributed by atoms with Gasteiger partial charge in [-0.3, -0.25) is 9.78 Å². The molecule has 4 nitrogen and oxygen atoms in total. The molecular weight excluding hydrogens is 375 g/mol. The number of amides is 1. The van der Waals surface area contributed by atoms with E-state index in [0.29, 0.717) is 17.3 Å². The number of alkyl halides is 1. The fraction of sp³-hybridized carbons (Fsp3) is 0.278. The minimum absolute atomic E-state index is 0.0384. The summed E-state index contributed by atoms with van der Waals surface area (Å²) < 4.78 is 27.3. The molecule has 4 atom stereocenters. The smallest absolute Gasteiger partial charge is 0.268 e. The molecule has 1 fully saturated rings. The molecule has 0 N–H and O–H groups in total. The van der Waals surface area contributed by atoms with Gasteiger partial charge in [-0.25, -0.2) is 8.78 Å². The van der Waals surface area contributed by atoms with E-state index in [9.17, 15) is 9.18 Å². The Morgan fingerprint density at radius 3 is 2.58 bits per heavy atom. The third kappa shape index (κ3) is 2.74. The number of carbonyl (C=O) groups excluding carboxylic acids is 1. The zero-order chi connectivity index (χ0) is 18.5. The Morgan fingerprint density at radius 2 is 1.92 bits per heavy atom. The molecule has 26 heavy (non-hydrogen) atoms. The summed E-state index contributed by atoms with van der Waals surface area (Å²) >= 11 is 1.13. The Morgan fingerprint density at radius 1 is 1.27 bits per heavy atom. The number of aromatic nitrogens is 1. The summed E-state index contributed by atoms with van der Waals surface area (Å²) in [5.74, 6) is -0.796. The second kappa shape index (κ2) is 6.10. The van der Waals surface area contributed by atoms with Gasteiger partial charge in [0.2, 0.25) is 0 Å². The van der Waals surface area contributed by atoms with Gasteiger partial charge in [-0.05, 0) is 42.3 Å². The van der Waals surface area contributed by atoms with Crippen molar-refractivity contribution in [1.29, 1.82) is 0 Å². The fourth-order valence-corrected chi connectivity index (χ4v) is 4.69. The van der Waals surface area contributed by atoms with E-state index < -0.39 is 16.1 Å². The number of benzene rings is 1. The molecule has 0 radical (unpaired) electrons. The van der Waals surface area contributed by atoms with Crippen LogP contribution in [0.4, 0.5) is 8.78 Å². The van der Waals surface area contributed by atoms with Crippen molar-refractivity contribution in [3.8, 4) is 0 Å². The lowest BCUT2D eigenvalue weighted by atomic mass is 9.97. The van der Waals surface area contributed by atoms with Gasteiger partial charge in [0.05, 0.1) is 6.04 Å². The zero-order valence-electron chi connectivity index (χ0n) is 13.9. The number of carbonyl (C=O) groups is 1. The number of rotatable bonds is 3. The van der Waals surface area contributed by atoms with Gasteiger partial charge >= 0.3 is 0 Å². The van der Waals surface area contributed by atoms with E-state index in [1.165, 1.54) is 24.5 Å². The van der Waals surface area contributed by atoms with Crippen LogP contribution in [0.3, 0.4) is 0 Å². The fourth-order valence-electron chi connectivity index (χ4n) is 2.99. The van der Waals surface area contributed by atoms with Gasteiger partial charge in [0.1, 0.15) is 10.6 Å². The van der Waals surface area contributed by atoms with Gasteiger partial charge in [-0.15, -0.1) is 0 Å². The Labute approximate surface area is 156 Å². The van der Waals surface area contributed by atoms with Crippen LogP contribution in [0.15, 0.2) is 53.8 Å². The monoisotopic (exact) mass is 391 g/mol. The molecule has 2 aromatic rings. The largest absolute Gasteiger partial charge is 0.340 e. The Balaban J connectivity index is 1.55. The van der Waals surface area contributed by atoms with Crippen molar-refractivity contribution in [3.05, 3.63) is 65.7 Å². The van der Waals surface area contributed by atoms with Crippen LogP contribution in [0.25, 0.3) is 0 Å². The summed E-state index contributed by atoms with van der Waals surface area (Å²) in [7, 11) is 2.16. The van der Waals surface area contributed by atoms with E-state index in [0.717, 1.165) is 17.3 Å². The lowest BCUT2D eigenvalue weighted by Gasteiger charge is -2.34. The number of thioether (sulfide) groups is 1. The van der Waals surface area contributed by atoms with E-state index in [4.69, 9.17) is 0 Å². The standard InChI is InChI=1S/C18H16F2N3OPS/c1-17(18(20,25)12-6-8-21-9-7-12)15(24)22-16(26-17)23-10-14(23)11-2-4-13(19)5-3-11/h2-9,14H,10,25H2,1H3. The molecule has 2 aliphatic rings. The summed E-state index contributed by atoms with van der Waals surface area (Å²) in [6.07, 6.45) is 3.00. The van der Waals surface area contributed by atoms with Gasteiger partial charge in [0.15, 0.2) is 10.6 Å². The first-order valence-electron chi connectivity index (χ1n) is 8.05. The normalized spacial score (nSPS) is 27.2. The molecule has 1 amide bonds. The molecule has 2 aliphatic heterocycles. The van der Waals surface area contributed by atoms with E-state index in [1.807, 2.05) is 4.90 Å². The molecule has 0 aliphatic carbocycles. The molecule has 1 saturated heterocycles. The van der Waals surface area contributed by atoms with Crippen LogP contribution in [-0.2, 0) is 10.2 Å². The molecule has 4 rings (SSSR count). The molecule has 8 heteroatoms. The van der Waals surface area contributed by atoms with Crippen molar-refractivity contribution in [2.45, 2.75) is 23.1 Å². The van der Waals surface area contributed by atoms with E-state index in [-0.39, 0.29) is 11.9 Å². The second-order valence-electron chi connectivity index (χ2n) is 6.50. The minimum atomic E-state index is -1.98. The third-order valence-corrected chi connectivity index (χ3v) is 7.32. The number of aliphatic imine (C=N–C) groups is 1. The van der Waals surface area contributed by atoms with Crippen LogP contribution in [-0.4, -0.2) is 32.3 Å². The van der Waals surface area contributed by atoms with Gasteiger partial charge in [-0.1, -0.05) is 33.1 Å². The van der Waals surface area contributed by atoms with Crippen molar-refractivity contribution < 1.29 is 13.6 Å². The van der Waals surface area contributed by atoms with Crippen LogP contribution in [0.2, 0.25) is 0 Å². The Kier molecular flexibility index (Phi) is 4.12. The highest BCUT2D eigenvalue weighted by Crippen LogP contribution is 2.56. The Hall–Kier alpha value is -1.85. The van der Waals surface area contributed by atoms with Crippen molar-refractivity contribution >= 4 is 32.1 Å². The quantitative estimate of drug-likeness (QED) is 0.592. The van der Waals surface area contributed by atoms with E-state index in [1.54, 1.807) is 31.2 Å². The predicted octanol–water partition coefficient (Wildman–Crippen LogP) is 3.66. The highest BCUT2D eigenvalue weighted by molar-refractivity contribution is 8.16. The van der Waals surface area contributed by atoms with Gasteiger partial charge < -0.3 is 4.90 Å². The number of hydrogen-bond donors (Lipinski definition) is 0. The van der Waals surface area contributed by atoms with Gasteiger partial charge in [0.25, 0.3) is 5.91 Å². The first-order chi connectivity index (χ1) is 12.3. The highest BCUT2D eigenvalue weighted by Gasteiger charge is 2.59. The zero-order valence-corrected chi connectivity index (χ0v) is 15.9. The first kappa shape index (κ1) is 17.6. The molecule has 1 aromatic carbocycles. The topological polar surface area (TPSA) is 45.3 Å². The molecule has 0 bridgehead atoms. The van der Waals surface area contributed by atoms with Gasteiger partial charge in [-0.2, -0.15) is 4.99 Å². The third-order valence-electron chi connectivity index (χ3n) is 4.81. The lowest BCUT2D eigenvalue weighted by molar-refractivity contribution is -0.121. The second-order valence-corrected chi connectivity index (χ2v) is 8.68. The SMILES string of the molecule is CC1(C(F)(P)c2ccncc2)SC(N2CC2c2ccc(F)cc2)=NC1=O. The summed E-state index contributed by atoms with van der Waals surface area (Å²) in [5, 5.41) is -1.48. The maximum Gasteiger partial charge on any atom is 0.268 e. The van der Waals surface area contributed by atoms with Crippen LogP contribution in [0, 0.1) is 5.82 Å². The molecule has 0 saturated carbocycles. The van der Waals surface area contributed by atoms with Crippen LogP contribution >= 0.6 is 21.0 Å². The van der Waals surface area contributed by atoms with Crippen molar-refractivity contribution in [3.63, 3.8) is 0 Å². The number of halogens is 2. The average molecular weight is 391 g/mol. The summed E-state index contributed by atoms with van der Waals surface area (Å²) in [6, 6.07) is 9.40. The first-order valence-corrected chi connectivity index (χ1v) is 9.45. The van der Waals surface area contributed by atoms with E-state index >= 15 is 4.39 Å². The molecule has 3 heterocycles. The summed E-state index contributed by atoms with van der Waals surface area (Å²) in [5.41, 5.74) is 1.31. The summed E-state index contributed by atoms with van der Waals surface area (Å²) in [6.45, 7) is 2.24. The van der Waals surface area contributed by atoms with Crippen LogP contribution in [0.5, 0.6) is 0 Å². The number of amidine groups is 1. The highest BCUT2D eigenvalue weighted by atomic mass is 32.2. The minimum Gasteiger partial charge on any atom is -0.340 e. The van der Waals surface area contributed by atoms with Crippen LogP contribution in [0.1, 0.15) is 24.1 Å². The van der Waals surface area contributed by atoms with Crippen molar-refractivity contribution in [2.75, 3.05) is 6.54 Å². The predicted molar refractivity (Wildman–Crippen MR) is 101 cm³/mol. The van der Waals surface area contributed by atoms with Crippen molar-refractivity contribution in [1.82, 2.24) is 9.88 Å². The number of pyridine rings is 1. The average Bonchev–Trinajstić information content (AvgIpc) is 3.36. The number of nitrogens with zero attached hydrogens (tertiary/aromatic N) is 3. The van der Waals surface area contributed by atoms with Gasteiger partial charge in [0, 0.05) is 18.9 Å². The molecule has 1 aromatic heterocycles. The van der Waals surface area contributed by atoms with Crippen LogP contribution < -0.4 is 0 Å². The lowest BCUT2D eigenvalue weighted by Crippen LogP contribution is -2.43.